The third-order valence-electron chi connectivity index (χ3n) is 7.74. The minimum Gasteiger partial charge on any atom is -0.508 e. The maximum absolute atomic E-state index is 13.5. The number of benzene rings is 4. The highest BCUT2D eigenvalue weighted by atomic mass is 16.5. The highest BCUT2D eigenvalue weighted by Gasteiger charge is 2.32. The number of fused-ring (bicyclic) bond motifs is 4. The van der Waals surface area contributed by atoms with E-state index in [1.807, 2.05) is 30.3 Å². The van der Waals surface area contributed by atoms with Crippen LogP contribution >= 0.6 is 0 Å². The Bertz CT molecular complexity index is 1850. The lowest BCUT2D eigenvalue weighted by Gasteiger charge is -2.26. The Balaban J connectivity index is 1.19. The molecule has 3 heterocycles. The molecule has 5 aromatic rings. The van der Waals surface area contributed by atoms with E-state index >= 15 is 0 Å². The zero-order valence-electron chi connectivity index (χ0n) is 22.1. The molecule has 1 atom stereocenters. The first kappa shape index (κ1) is 25.0. The SMILES string of the molecule is O=C1CC(c2cccc(OCCc3ccc4c(c3)CCO4)c2)c2c(ccc3c(=O)c(-c4ccc(O)cc4)coc23)O1. The molecule has 0 spiro atoms. The number of esters is 1. The van der Waals surface area contributed by atoms with Gasteiger partial charge in [0.25, 0.3) is 0 Å². The number of hydrogen-bond donors (Lipinski definition) is 1. The number of rotatable bonds is 6. The van der Waals surface area contributed by atoms with Gasteiger partial charge in [-0.3, -0.25) is 9.59 Å². The second-order valence-electron chi connectivity index (χ2n) is 10.3. The maximum atomic E-state index is 13.5. The molecule has 7 nitrogen and oxygen atoms in total. The predicted octanol–water partition coefficient (Wildman–Crippen LogP) is 6.16. The summed E-state index contributed by atoms with van der Waals surface area (Å²) in [5.74, 6) is 1.43. The van der Waals surface area contributed by atoms with Gasteiger partial charge in [-0.05, 0) is 64.7 Å². The van der Waals surface area contributed by atoms with Crippen molar-refractivity contribution in [3.63, 3.8) is 0 Å². The zero-order chi connectivity index (χ0) is 27.9. The topological polar surface area (TPSA) is 95.2 Å². The van der Waals surface area contributed by atoms with E-state index in [1.165, 1.54) is 29.5 Å². The van der Waals surface area contributed by atoms with Crippen molar-refractivity contribution in [2.45, 2.75) is 25.2 Å². The van der Waals surface area contributed by atoms with E-state index in [-0.39, 0.29) is 29.5 Å². The van der Waals surface area contributed by atoms with Gasteiger partial charge in [0.2, 0.25) is 5.43 Å². The summed E-state index contributed by atoms with van der Waals surface area (Å²) in [4.78, 5) is 26.1. The standard InChI is InChI=1S/C34H26O7/c35-24-7-5-21(6-8-24)28-19-40-34-26(33(28)37)9-11-30-32(34)27(18-31(36)41-30)22-2-1-3-25(17-22)38-14-12-20-4-10-29-23(16-20)13-15-39-29/h1-11,16-17,19,27,35H,12-15,18H2. The van der Waals surface area contributed by atoms with E-state index in [0.717, 1.165) is 30.8 Å². The highest BCUT2D eigenvalue weighted by molar-refractivity contribution is 5.90. The lowest BCUT2D eigenvalue weighted by atomic mass is 9.85. The third-order valence-corrected chi connectivity index (χ3v) is 7.74. The summed E-state index contributed by atoms with van der Waals surface area (Å²) in [5, 5.41) is 10.0. The molecule has 7 heteroatoms. The summed E-state index contributed by atoms with van der Waals surface area (Å²) >= 11 is 0. The first-order valence-electron chi connectivity index (χ1n) is 13.6. The Morgan fingerprint density at radius 2 is 1.78 bits per heavy atom. The summed E-state index contributed by atoms with van der Waals surface area (Å²) in [5.41, 5.74) is 5.17. The van der Waals surface area contributed by atoms with Crippen LogP contribution in [0.3, 0.4) is 0 Å². The monoisotopic (exact) mass is 546 g/mol. The molecule has 0 saturated heterocycles. The largest absolute Gasteiger partial charge is 0.508 e. The van der Waals surface area contributed by atoms with Crippen LogP contribution in [0.1, 0.15) is 34.6 Å². The summed E-state index contributed by atoms with van der Waals surface area (Å²) in [6.07, 6.45) is 3.23. The van der Waals surface area contributed by atoms with E-state index in [2.05, 4.69) is 12.1 Å². The van der Waals surface area contributed by atoms with Crippen LogP contribution in [0.2, 0.25) is 0 Å². The number of ether oxygens (including phenoxy) is 3. The molecule has 204 valence electrons. The Kier molecular flexibility index (Phi) is 6.19. The van der Waals surface area contributed by atoms with Crippen molar-refractivity contribution < 1.29 is 28.5 Å². The number of phenolic OH excluding ortho intramolecular Hbond substituents is 1. The molecular weight excluding hydrogens is 520 g/mol. The second-order valence-corrected chi connectivity index (χ2v) is 10.3. The quantitative estimate of drug-likeness (QED) is 0.201. The summed E-state index contributed by atoms with van der Waals surface area (Å²) < 4.78 is 23.4. The van der Waals surface area contributed by atoms with Crippen LogP contribution in [-0.2, 0) is 17.6 Å². The smallest absolute Gasteiger partial charge is 0.312 e. The molecule has 2 aliphatic rings. The molecule has 1 aromatic heterocycles. The summed E-state index contributed by atoms with van der Waals surface area (Å²) in [6.45, 7) is 1.24. The van der Waals surface area contributed by atoms with Gasteiger partial charge in [-0.1, -0.05) is 36.4 Å². The van der Waals surface area contributed by atoms with Crippen molar-refractivity contribution in [1.82, 2.24) is 0 Å². The summed E-state index contributed by atoms with van der Waals surface area (Å²) in [7, 11) is 0. The predicted molar refractivity (Wildman–Crippen MR) is 153 cm³/mol. The lowest BCUT2D eigenvalue weighted by Crippen LogP contribution is -2.22. The number of phenols is 1. The van der Waals surface area contributed by atoms with Crippen LogP contribution in [-0.4, -0.2) is 24.3 Å². The van der Waals surface area contributed by atoms with E-state index in [9.17, 15) is 14.7 Å². The van der Waals surface area contributed by atoms with Crippen LogP contribution in [0.25, 0.3) is 22.1 Å². The highest BCUT2D eigenvalue weighted by Crippen LogP contribution is 2.43. The fourth-order valence-electron chi connectivity index (χ4n) is 5.68. The fraction of sp³-hybridized carbons (Fsp3) is 0.176. The van der Waals surface area contributed by atoms with Crippen molar-refractivity contribution in [3.8, 4) is 34.1 Å². The van der Waals surface area contributed by atoms with Crippen LogP contribution in [0, 0.1) is 0 Å². The van der Waals surface area contributed by atoms with Crippen LogP contribution in [0.5, 0.6) is 23.0 Å². The van der Waals surface area contributed by atoms with Crippen molar-refractivity contribution in [1.29, 1.82) is 0 Å². The molecular formula is C34H26O7. The van der Waals surface area contributed by atoms with Gasteiger partial charge in [-0.15, -0.1) is 0 Å². The van der Waals surface area contributed by atoms with Gasteiger partial charge in [-0.2, -0.15) is 0 Å². The van der Waals surface area contributed by atoms with Gasteiger partial charge >= 0.3 is 5.97 Å². The lowest BCUT2D eigenvalue weighted by molar-refractivity contribution is -0.135. The van der Waals surface area contributed by atoms with Crippen molar-refractivity contribution in [3.05, 3.63) is 118 Å². The minimum atomic E-state index is -0.377. The molecule has 0 aliphatic carbocycles. The van der Waals surface area contributed by atoms with Crippen LogP contribution < -0.4 is 19.6 Å². The average molecular weight is 547 g/mol. The molecule has 0 fully saturated rings. The van der Waals surface area contributed by atoms with Gasteiger partial charge in [-0.25, -0.2) is 0 Å². The van der Waals surface area contributed by atoms with E-state index in [4.69, 9.17) is 18.6 Å². The number of carbonyl (C=O) groups is 1. The maximum Gasteiger partial charge on any atom is 0.312 e. The van der Waals surface area contributed by atoms with Gasteiger partial charge in [0.15, 0.2) is 0 Å². The van der Waals surface area contributed by atoms with E-state index in [0.29, 0.717) is 45.8 Å². The molecule has 0 amide bonds. The Morgan fingerprint density at radius 1 is 0.927 bits per heavy atom. The normalized spacial score (nSPS) is 15.6. The first-order valence-corrected chi connectivity index (χ1v) is 13.6. The molecule has 1 N–H and O–H groups in total. The van der Waals surface area contributed by atoms with Gasteiger partial charge in [0, 0.05) is 24.3 Å². The average Bonchev–Trinajstić information content (AvgIpc) is 3.46. The minimum absolute atomic E-state index is 0.107. The first-order chi connectivity index (χ1) is 20.0. The second kappa shape index (κ2) is 10.2. The molecule has 2 aliphatic heterocycles. The fourth-order valence-corrected chi connectivity index (χ4v) is 5.68. The number of hydrogen-bond acceptors (Lipinski definition) is 7. The van der Waals surface area contributed by atoms with E-state index < -0.39 is 0 Å². The zero-order valence-corrected chi connectivity index (χ0v) is 22.1. The van der Waals surface area contributed by atoms with E-state index in [1.54, 1.807) is 24.3 Å². The van der Waals surface area contributed by atoms with Crippen molar-refractivity contribution >= 4 is 16.9 Å². The van der Waals surface area contributed by atoms with Crippen LogP contribution in [0.4, 0.5) is 0 Å². The molecule has 7 rings (SSSR count). The van der Waals surface area contributed by atoms with Gasteiger partial charge in [0.05, 0.1) is 30.6 Å². The van der Waals surface area contributed by atoms with Crippen molar-refractivity contribution in [2.75, 3.05) is 13.2 Å². The number of aromatic hydroxyl groups is 1. The Labute approximate surface area is 235 Å². The van der Waals surface area contributed by atoms with Crippen LogP contribution in [0.15, 0.2) is 94.3 Å². The molecule has 0 saturated carbocycles. The Morgan fingerprint density at radius 3 is 2.66 bits per heavy atom. The number of carbonyl (C=O) groups excluding carboxylic acids is 1. The van der Waals surface area contributed by atoms with Gasteiger partial charge in [0.1, 0.15) is 34.8 Å². The molecule has 41 heavy (non-hydrogen) atoms. The van der Waals surface area contributed by atoms with Crippen molar-refractivity contribution in [2.24, 2.45) is 0 Å². The summed E-state index contributed by atoms with van der Waals surface area (Å²) in [6, 6.07) is 23.6. The molecule has 4 aromatic carbocycles. The third kappa shape index (κ3) is 4.69. The molecule has 0 radical (unpaired) electrons. The molecule has 1 unspecified atom stereocenters. The Hall–Kier alpha value is -5.04. The van der Waals surface area contributed by atoms with Gasteiger partial charge < -0.3 is 23.7 Å². The molecule has 0 bridgehead atoms.